The Morgan fingerprint density at radius 3 is 1.94 bits per heavy atom. The van der Waals surface area contributed by atoms with Crippen molar-refractivity contribution in [3.8, 4) is 0 Å². The van der Waals surface area contributed by atoms with Crippen LogP contribution in [0.1, 0.15) is 0 Å². The molecule has 0 aliphatic rings. The van der Waals surface area contributed by atoms with E-state index >= 15 is 0 Å². The summed E-state index contributed by atoms with van der Waals surface area (Å²) in [5.74, 6) is -2.48. The van der Waals surface area contributed by atoms with Gasteiger partial charge in [-0.05, 0) is 0 Å². The number of hydrogen-bond donors (Lipinski definition) is 6. The topological polar surface area (TPSA) is 161 Å². The molecule has 0 heterocycles. The summed E-state index contributed by atoms with van der Waals surface area (Å²) >= 11 is 0. The standard InChI is InChI=1S/C8H15NO7/c9-1-3(11)5(13)7(15)8(16)6(14)4(12)2-10/h4,6-8,10,12,14-16H,1-2,9H2/t4-,6-,7+,8+/m1/s1. The molecule has 0 saturated heterocycles. The van der Waals surface area contributed by atoms with Crippen molar-refractivity contribution in [1.82, 2.24) is 0 Å². The van der Waals surface area contributed by atoms with E-state index in [0.29, 0.717) is 0 Å². The quantitative estimate of drug-likeness (QED) is 0.241. The molecule has 0 fully saturated rings. The Morgan fingerprint density at radius 2 is 1.56 bits per heavy atom. The zero-order valence-corrected chi connectivity index (χ0v) is 8.35. The molecular formula is C8H15NO7. The van der Waals surface area contributed by atoms with Crippen LogP contribution >= 0.6 is 0 Å². The zero-order chi connectivity index (χ0) is 12.9. The van der Waals surface area contributed by atoms with Crippen LogP contribution in [0.25, 0.3) is 0 Å². The largest absolute Gasteiger partial charge is 0.394 e. The van der Waals surface area contributed by atoms with E-state index in [1.807, 2.05) is 0 Å². The third kappa shape index (κ3) is 3.59. The Bertz CT molecular complexity index is 257. The maximum Gasteiger partial charge on any atom is 0.230 e. The van der Waals surface area contributed by atoms with Gasteiger partial charge in [0.05, 0.1) is 13.2 Å². The van der Waals surface area contributed by atoms with Crippen LogP contribution < -0.4 is 5.73 Å². The number of ketones is 2. The highest BCUT2D eigenvalue weighted by Crippen LogP contribution is 2.06. The van der Waals surface area contributed by atoms with Crippen molar-refractivity contribution in [3.63, 3.8) is 0 Å². The van der Waals surface area contributed by atoms with Gasteiger partial charge in [-0.1, -0.05) is 0 Å². The SMILES string of the molecule is NCC(=O)C(=O)[C@H](O)[C@@H](O)[C@H](O)[C@H](O)CO. The molecule has 0 rings (SSSR count). The maximum atomic E-state index is 11.0. The van der Waals surface area contributed by atoms with Crippen LogP contribution in [0.15, 0.2) is 0 Å². The average molecular weight is 237 g/mol. The molecule has 0 aliphatic carbocycles. The maximum absolute atomic E-state index is 11.0. The van der Waals surface area contributed by atoms with Crippen LogP contribution in [0, 0.1) is 0 Å². The summed E-state index contributed by atoms with van der Waals surface area (Å²) in [6.45, 7) is -1.51. The molecular weight excluding hydrogens is 222 g/mol. The van der Waals surface area contributed by atoms with E-state index in [2.05, 4.69) is 0 Å². The Hall–Kier alpha value is -0.900. The van der Waals surface area contributed by atoms with Crippen LogP contribution in [0.3, 0.4) is 0 Å². The number of carbonyl (C=O) groups is 2. The van der Waals surface area contributed by atoms with Gasteiger partial charge in [0.25, 0.3) is 0 Å². The molecule has 94 valence electrons. The van der Waals surface area contributed by atoms with Crippen LogP contribution in [0.5, 0.6) is 0 Å². The van der Waals surface area contributed by atoms with E-state index in [1.165, 1.54) is 0 Å². The highest BCUT2D eigenvalue weighted by atomic mass is 16.4. The number of hydrogen-bond acceptors (Lipinski definition) is 8. The molecule has 7 N–H and O–H groups in total. The third-order valence-electron chi connectivity index (χ3n) is 1.98. The van der Waals surface area contributed by atoms with Gasteiger partial charge in [0.2, 0.25) is 11.6 Å². The molecule has 0 aliphatic heterocycles. The number of carbonyl (C=O) groups excluding carboxylic acids is 2. The average Bonchev–Trinajstić information content (AvgIpc) is 2.32. The second-order valence-electron chi connectivity index (χ2n) is 3.17. The number of aliphatic hydroxyl groups excluding tert-OH is 5. The van der Waals surface area contributed by atoms with Gasteiger partial charge in [0, 0.05) is 0 Å². The van der Waals surface area contributed by atoms with Gasteiger partial charge in [-0.2, -0.15) is 0 Å². The van der Waals surface area contributed by atoms with Crippen LogP contribution in [-0.2, 0) is 9.59 Å². The fourth-order valence-corrected chi connectivity index (χ4v) is 0.943. The molecule has 0 unspecified atom stereocenters. The Kier molecular flexibility index (Phi) is 6.26. The molecule has 0 radical (unpaired) electrons. The minimum absolute atomic E-state index is 0.638. The summed E-state index contributed by atoms with van der Waals surface area (Å²) in [4.78, 5) is 21.8. The van der Waals surface area contributed by atoms with Crippen molar-refractivity contribution in [1.29, 1.82) is 0 Å². The lowest BCUT2D eigenvalue weighted by molar-refractivity contribution is -0.153. The fourth-order valence-electron chi connectivity index (χ4n) is 0.943. The molecule has 16 heavy (non-hydrogen) atoms. The van der Waals surface area contributed by atoms with E-state index in [0.717, 1.165) is 0 Å². The van der Waals surface area contributed by atoms with Crippen molar-refractivity contribution >= 4 is 11.6 Å². The first kappa shape index (κ1) is 15.1. The van der Waals surface area contributed by atoms with Gasteiger partial charge >= 0.3 is 0 Å². The van der Waals surface area contributed by atoms with E-state index in [9.17, 15) is 19.8 Å². The number of nitrogens with two attached hydrogens (primary N) is 1. The first-order valence-electron chi connectivity index (χ1n) is 4.47. The molecule has 0 spiro atoms. The normalized spacial score (nSPS) is 18.6. The van der Waals surface area contributed by atoms with Gasteiger partial charge in [-0.3, -0.25) is 9.59 Å². The summed E-state index contributed by atoms with van der Waals surface area (Å²) in [5, 5.41) is 44.9. The van der Waals surface area contributed by atoms with Gasteiger partial charge in [-0.15, -0.1) is 0 Å². The highest BCUT2D eigenvalue weighted by molar-refractivity contribution is 6.39. The zero-order valence-electron chi connectivity index (χ0n) is 8.35. The molecule has 0 saturated carbocycles. The van der Waals surface area contributed by atoms with E-state index in [1.54, 1.807) is 0 Å². The minimum Gasteiger partial charge on any atom is -0.394 e. The summed E-state index contributed by atoms with van der Waals surface area (Å²) in [6, 6.07) is 0. The van der Waals surface area contributed by atoms with Gasteiger partial charge in [0.15, 0.2) is 0 Å². The van der Waals surface area contributed by atoms with E-state index in [-0.39, 0.29) is 0 Å². The second-order valence-corrected chi connectivity index (χ2v) is 3.17. The number of Topliss-reactive ketones (excluding diaryl/α,β-unsaturated/α-hetero) is 2. The second kappa shape index (κ2) is 6.63. The minimum atomic E-state index is -2.19. The predicted molar refractivity (Wildman–Crippen MR) is 50.2 cm³/mol. The first-order chi connectivity index (χ1) is 7.36. The smallest absolute Gasteiger partial charge is 0.230 e. The molecule has 8 nitrogen and oxygen atoms in total. The molecule has 0 aromatic rings. The summed E-state index contributed by atoms with van der Waals surface area (Å²) in [6.07, 6.45) is -7.95. The van der Waals surface area contributed by atoms with E-state index < -0.39 is 49.1 Å². The number of aliphatic hydroxyl groups is 5. The lowest BCUT2D eigenvalue weighted by atomic mass is 9.98. The summed E-state index contributed by atoms with van der Waals surface area (Å²) in [7, 11) is 0. The Morgan fingerprint density at radius 1 is 1.06 bits per heavy atom. The fraction of sp³-hybridized carbons (Fsp3) is 0.750. The van der Waals surface area contributed by atoms with Crippen LogP contribution in [-0.4, -0.2) is 74.7 Å². The molecule has 4 atom stereocenters. The predicted octanol–water partition coefficient (Wildman–Crippen LogP) is -4.48. The monoisotopic (exact) mass is 237 g/mol. The van der Waals surface area contributed by atoms with Crippen molar-refractivity contribution in [2.24, 2.45) is 5.73 Å². The number of rotatable bonds is 7. The molecule has 0 aromatic carbocycles. The molecule has 0 aromatic heterocycles. The van der Waals surface area contributed by atoms with Crippen molar-refractivity contribution in [3.05, 3.63) is 0 Å². The molecule has 8 heteroatoms. The van der Waals surface area contributed by atoms with Crippen molar-refractivity contribution in [2.75, 3.05) is 13.2 Å². The molecule has 0 amide bonds. The Balaban J connectivity index is 4.54. The van der Waals surface area contributed by atoms with Gasteiger partial charge in [0.1, 0.15) is 24.4 Å². The lowest BCUT2D eigenvalue weighted by Gasteiger charge is -2.24. The first-order valence-corrected chi connectivity index (χ1v) is 4.47. The molecule has 0 bridgehead atoms. The summed E-state index contributed by atoms with van der Waals surface area (Å²) in [5.41, 5.74) is 4.86. The van der Waals surface area contributed by atoms with Crippen LogP contribution in [0.4, 0.5) is 0 Å². The van der Waals surface area contributed by atoms with Gasteiger partial charge < -0.3 is 31.3 Å². The van der Waals surface area contributed by atoms with Crippen LogP contribution in [0.2, 0.25) is 0 Å². The van der Waals surface area contributed by atoms with Crippen molar-refractivity contribution < 1.29 is 35.1 Å². The highest BCUT2D eigenvalue weighted by Gasteiger charge is 2.36. The van der Waals surface area contributed by atoms with E-state index in [4.69, 9.17) is 21.1 Å². The van der Waals surface area contributed by atoms with Crippen molar-refractivity contribution in [2.45, 2.75) is 24.4 Å². The lowest BCUT2D eigenvalue weighted by Crippen LogP contribution is -2.50. The third-order valence-corrected chi connectivity index (χ3v) is 1.98. The van der Waals surface area contributed by atoms with Gasteiger partial charge in [-0.25, -0.2) is 0 Å². The Labute approximate surface area is 90.9 Å². The summed E-state index contributed by atoms with van der Waals surface area (Å²) < 4.78 is 0.